The molecule has 12 heavy (non-hydrogen) atoms. The zero-order valence-electron chi connectivity index (χ0n) is 7.23. The van der Waals surface area contributed by atoms with Gasteiger partial charge in [-0.15, -0.1) is 0 Å². The third kappa shape index (κ3) is 2.82. The summed E-state index contributed by atoms with van der Waals surface area (Å²) in [5.74, 6) is 0. The SMILES string of the molecule is CC(CCc1ccccc1)N=O. The van der Waals surface area contributed by atoms with Gasteiger partial charge in [-0.05, 0) is 25.3 Å². The molecule has 1 atom stereocenters. The maximum atomic E-state index is 10.1. The van der Waals surface area contributed by atoms with Crippen LogP contribution in [0.4, 0.5) is 0 Å². The number of hydrogen-bond donors (Lipinski definition) is 0. The standard InChI is InChI=1S/C10H13NO/c1-9(11-12)7-8-10-5-3-2-4-6-10/h2-6,9H,7-8H2,1H3. The van der Waals surface area contributed by atoms with Crippen molar-refractivity contribution in [1.82, 2.24) is 0 Å². The number of nitroso groups, excluding NO2 is 1. The van der Waals surface area contributed by atoms with Crippen molar-refractivity contribution in [3.8, 4) is 0 Å². The average Bonchev–Trinajstić information content (AvgIpc) is 2.16. The Kier molecular flexibility index (Phi) is 3.45. The van der Waals surface area contributed by atoms with Gasteiger partial charge in [-0.2, -0.15) is 4.91 Å². The monoisotopic (exact) mass is 163 g/mol. The number of benzene rings is 1. The summed E-state index contributed by atoms with van der Waals surface area (Å²) >= 11 is 0. The summed E-state index contributed by atoms with van der Waals surface area (Å²) in [5.41, 5.74) is 1.27. The highest BCUT2D eigenvalue weighted by molar-refractivity contribution is 5.14. The Morgan fingerprint density at radius 2 is 2.00 bits per heavy atom. The quantitative estimate of drug-likeness (QED) is 0.627. The van der Waals surface area contributed by atoms with Gasteiger partial charge in [0.1, 0.15) is 0 Å². The Hall–Kier alpha value is -1.18. The van der Waals surface area contributed by atoms with Crippen LogP contribution in [-0.2, 0) is 6.42 Å². The molecular weight excluding hydrogens is 150 g/mol. The third-order valence-corrected chi connectivity index (χ3v) is 1.87. The Morgan fingerprint density at radius 1 is 1.33 bits per heavy atom. The van der Waals surface area contributed by atoms with E-state index in [9.17, 15) is 4.91 Å². The molecule has 0 heterocycles. The lowest BCUT2D eigenvalue weighted by Crippen LogP contribution is -1.98. The van der Waals surface area contributed by atoms with Crippen LogP contribution in [0.25, 0.3) is 0 Å². The van der Waals surface area contributed by atoms with Gasteiger partial charge >= 0.3 is 0 Å². The van der Waals surface area contributed by atoms with Crippen LogP contribution in [0.2, 0.25) is 0 Å². The van der Waals surface area contributed by atoms with Crippen LogP contribution in [0, 0.1) is 4.91 Å². The first-order chi connectivity index (χ1) is 5.83. The number of rotatable bonds is 4. The zero-order chi connectivity index (χ0) is 8.81. The van der Waals surface area contributed by atoms with Crippen LogP contribution in [0.3, 0.4) is 0 Å². The van der Waals surface area contributed by atoms with Gasteiger partial charge in [-0.1, -0.05) is 35.5 Å². The molecule has 1 unspecified atom stereocenters. The largest absolute Gasteiger partial charge is 0.151 e. The van der Waals surface area contributed by atoms with Crippen molar-refractivity contribution >= 4 is 0 Å². The zero-order valence-corrected chi connectivity index (χ0v) is 7.23. The van der Waals surface area contributed by atoms with E-state index in [0.29, 0.717) is 0 Å². The highest BCUT2D eigenvalue weighted by Gasteiger charge is 2.00. The van der Waals surface area contributed by atoms with Crippen LogP contribution in [0.1, 0.15) is 18.9 Å². The van der Waals surface area contributed by atoms with E-state index in [1.807, 2.05) is 25.1 Å². The van der Waals surface area contributed by atoms with Crippen LogP contribution in [0.5, 0.6) is 0 Å². The van der Waals surface area contributed by atoms with Gasteiger partial charge in [-0.25, -0.2) is 0 Å². The van der Waals surface area contributed by atoms with E-state index in [0.717, 1.165) is 12.8 Å². The Balaban J connectivity index is 2.38. The van der Waals surface area contributed by atoms with Gasteiger partial charge in [0.15, 0.2) is 0 Å². The molecule has 1 aromatic carbocycles. The van der Waals surface area contributed by atoms with Gasteiger partial charge in [0.25, 0.3) is 0 Å². The molecule has 2 heteroatoms. The maximum Gasteiger partial charge on any atom is 0.0894 e. The first-order valence-corrected chi connectivity index (χ1v) is 4.19. The highest BCUT2D eigenvalue weighted by Crippen LogP contribution is 2.06. The fourth-order valence-electron chi connectivity index (χ4n) is 1.07. The van der Waals surface area contributed by atoms with E-state index in [2.05, 4.69) is 17.3 Å². The molecule has 2 nitrogen and oxygen atoms in total. The lowest BCUT2D eigenvalue weighted by molar-refractivity contribution is 0.663. The molecule has 0 aliphatic heterocycles. The Labute approximate surface area is 72.6 Å². The summed E-state index contributed by atoms with van der Waals surface area (Å²) in [6, 6.07) is 10.1. The van der Waals surface area contributed by atoms with Crippen LogP contribution < -0.4 is 0 Å². The van der Waals surface area contributed by atoms with Crippen molar-refractivity contribution in [2.75, 3.05) is 0 Å². The normalized spacial score (nSPS) is 12.4. The molecule has 64 valence electrons. The number of hydrogen-bond acceptors (Lipinski definition) is 2. The Morgan fingerprint density at radius 3 is 2.58 bits per heavy atom. The minimum absolute atomic E-state index is 0.0646. The summed E-state index contributed by atoms with van der Waals surface area (Å²) in [6.45, 7) is 1.84. The summed E-state index contributed by atoms with van der Waals surface area (Å²) in [5, 5.41) is 2.95. The summed E-state index contributed by atoms with van der Waals surface area (Å²) < 4.78 is 0. The van der Waals surface area contributed by atoms with Crippen molar-refractivity contribution in [1.29, 1.82) is 0 Å². The van der Waals surface area contributed by atoms with E-state index < -0.39 is 0 Å². The minimum Gasteiger partial charge on any atom is -0.151 e. The van der Waals surface area contributed by atoms with Gasteiger partial charge in [-0.3, -0.25) is 0 Å². The van der Waals surface area contributed by atoms with Gasteiger partial charge in [0.2, 0.25) is 0 Å². The maximum absolute atomic E-state index is 10.1. The van der Waals surface area contributed by atoms with E-state index in [1.165, 1.54) is 5.56 Å². The first kappa shape index (κ1) is 8.91. The summed E-state index contributed by atoms with van der Waals surface area (Å²) in [7, 11) is 0. The molecule has 1 rings (SSSR count). The molecule has 1 aromatic rings. The van der Waals surface area contributed by atoms with E-state index in [-0.39, 0.29) is 6.04 Å². The lowest BCUT2D eigenvalue weighted by atomic mass is 10.1. The lowest BCUT2D eigenvalue weighted by Gasteiger charge is -2.01. The van der Waals surface area contributed by atoms with Gasteiger partial charge in [0, 0.05) is 0 Å². The van der Waals surface area contributed by atoms with Gasteiger partial charge < -0.3 is 0 Å². The number of nitrogens with zero attached hydrogens (tertiary/aromatic N) is 1. The van der Waals surface area contributed by atoms with Crippen molar-refractivity contribution in [2.45, 2.75) is 25.8 Å². The highest BCUT2D eigenvalue weighted by atomic mass is 16.3. The van der Waals surface area contributed by atoms with Crippen LogP contribution in [-0.4, -0.2) is 6.04 Å². The second-order valence-electron chi connectivity index (χ2n) is 2.98. The molecule has 0 aliphatic carbocycles. The summed E-state index contributed by atoms with van der Waals surface area (Å²) in [6.07, 6.45) is 1.78. The molecule has 0 aliphatic rings. The molecule has 0 spiro atoms. The fourth-order valence-corrected chi connectivity index (χ4v) is 1.07. The summed E-state index contributed by atoms with van der Waals surface area (Å²) in [4.78, 5) is 10.1. The molecule has 0 amide bonds. The first-order valence-electron chi connectivity index (χ1n) is 4.19. The predicted molar refractivity (Wildman–Crippen MR) is 50.0 cm³/mol. The molecule has 0 saturated carbocycles. The van der Waals surface area contributed by atoms with Crippen molar-refractivity contribution in [3.63, 3.8) is 0 Å². The number of aryl methyl sites for hydroxylation is 1. The molecule has 0 saturated heterocycles. The molecule has 0 N–H and O–H groups in total. The second kappa shape index (κ2) is 4.65. The molecule has 0 aromatic heterocycles. The van der Waals surface area contributed by atoms with Crippen molar-refractivity contribution in [2.24, 2.45) is 5.18 Å². The van der Waals surface area contributed by atoms with Crippen LogP contribution in [0.15, 0.2) is 35.5 Å². The molecule has 0 fully saturated rings. The smallest absolute Gasteiger partial charge is 0.0894 e. The van der Waals surface area contributed by atoms with Crippen molar-refractivity contribution in [3.05, 3.63) is 40.8 Å². The van der Waals surface area contributed by atoms with E-state index in [1.54, 1.807) is 0 Å². The van der Waals surface area contributed by atoms with Gasteiger partial charge in [0.05, 0.1) is 6.04 Å². The van der Waals surface area contributed by atoms with Crippen molar-refractivity contribution < 1.29 is 0 Å². The molecular formula is C10H13NO. The Bertz CT molecular complexity index is 233. The second-order valence-corrected chi connectivity index (χ2v) is 2.98. The van der Waals surface area contributed by atoms with E-state index in [4.69, 9.17) is 0 Å². The predicted octanol–water partition coefficient (Wildman–Crippen LogP) is 2.77. The third-order valence-electron chi connectivity index (χ3n) is 1.87. The van der Waals surface area contributed by atoms with Crippen LogP contribution >= 0.6 is 0 Å². The minimum atomic E-state index is -0.0646. The topological polar surface area (TPSA) is 29.4 Å². The molecule has 0 bridgehead atoms. The fraction of sp³-hybridized carbons (Fsp3) is 0.400. The average molecular weight is 163 g/mol. The molecule has 0 radical (unpaired) electrons. The van der Waals surface area contributed by atoms with E-state index >= 15 is 0 Å².